The van der Waals surface area contributed by atoms with E-state index < -0.39 is 12.1 Å². The molecule has 3 heterocycles. The van der Waals surface area contributed by atoms with E-state index >= 15 is 0 Å². The summed E-state index contributed by atoms with van der Waals surface area (Å²) in [5.41, 5.74) is 2.48. The Hall–Kier alpha value is -3.18. The Morgan fingerprint density at radius 1 is 0.962 bits per heavy atom. The first-order valence-corrected chi connectivity index (χ1v) is 8.40. The lowest BCUT2D eigenvalue weighted by Crippen LogP contribution is -2.15. The van der Waals surface area contributed by atoms with Crippen LogP contribution in [0.5, 0.6) is 0 Å². The summed E-state index contributed by atoms with van der Waals surface area (Å²) in [4.78, 5) is 21.1. The zero-order chi connectivity index (χ0) is 17.9. The molecule has 0 aliphatic carbocycles. The largest absolute Gasteiger partial charge is 0.448 e. The van der Waals surface area contributed by atoms with Gasteiger partial charge in [-0.2, -0.15) is 0 Å². The summed E-state index contributed by atoms with van der Waals surface area (Å²) in [7, 11) is 0. The molecule has 4 aromatic rings. The van der Waals surface area contributed by atoms with Crippen LogP contribution in [0.4, 0.5) is 0 Å². The van der Waals surface area contributed by atoms with Crippen molar-refractivity contribution in [2.75, 3.05) is 0 Å². The molecule has 26 heavy (non-hydrogen) atoms. The fraction of sp³-hybridized carbons (Fsp3) is 0.0500. The number of fused-ring (bicyclic) bond motifs is 1. The van der Waals surface area contributed by atoms with Crippen LogP contribution in [0.2, 0.25) is 5.15 Å². The summed E-state index contributed by atoms with van der Waals surface area (Å²) in [6.45, 7) is 0. The fourth-order valence-electron chi connectivity index (χ4n) is 2.81. The molecule has 1 atom stereocenters. The highest BCUT2D eigenvalue weighted by molar-refractivity contribution is 6.32. The number of ether oxygens (including phenoxy) is 1. The smallest absolute Gasteiger partial charge is 0.359 e. The van der Waals surface area contributed by atoms with Crippen molar-refractivity contribution < 1.29 is 9.53 Å². The molecule has 0 radical (unpaired) electrons. The van der Waals surface area contributed by atoms with Crippen LogP contribution >= 0.6 is 11.6 Å². The molecule has 0 aliphatic rings. The second-order valence-electron chi connectivity index (χ2n) is 5.66. The summed E-state index contributed by atoms with van der Waals surface area (Å²) in [6, 6.07) is 18.6. The predicted molar refractivity (Wildman–Crippen MR) is 98.1 cm³/mol. The van der Waals surface area contributed by atoms with Crippen LogP contribution in [0.25, 0.3) is 5.65 Å². The highest BCUT2D eigenvalue weighted by Crippen LogP contribution is 2.28. The Labute approximate surface area is 154 Å². The first-order chi connectivity index (χ1) is 12.7. The van der Waals surface area contributed by atoms with Crippen molar-refractivity contribution in [3.05, 3.63) is 101 Å². The molecule has 3 aromatic heterocycles. The van der Waals surface area contributed by atoms with E-state index in [-0.39, 0.29) is 10.8 Å². The van der Waals surface area contributed by atoms with E-state index in [1.54, 1.807) is 35.1 Å². The minimum atomic E-state index is -0.572. The summed E-state index contributed by atoms with van der Waals surface area (Å²) in [5.74, 6) is -0.542. The number of benzene rings is 1. The van der Waals surface area contributed by atoms with Crippen LogP contribution in [0, 0.1) is 0 Å². The molecule has 0 aliphatic heterocycles. The molecule has 1 unspecified atom stereocenters. The zero-order valence-electron chi connectivity index (χ0n) is 13.6. The van der Waals surface area contributed by atoms with E-state index in [4.69, 9.17) is 16.3 Å². The number of nitrogens with zero attached hydrogens (tertiary/aromatic N) is 3. The number of aromatic nitrogens is 3. The van der Waals surface area contributed by atoms with E-state index in [0.717, 1.165) is 11.1 Å². The Balaban J connectivity index is 1.74. The predicted octanol–water partition coefficient (Wildman–Crippen LogP) is 4.33. The number of rotatable bonds is 4. The topological polar surface area (TPSA) is 56.5 Å². The third-order valence-corrected chi connectivity index (χ3v) is 4.28. The minimum absolute atomic E-state index is 0.114. The second kappa shape index (κ2) is 6.98. The molecule has 0 N–H and O–H groups in total. The molecule has 0 saturated carbocycles. The number of esters is 1. The van der Waals surface area contributed by atoms with Crippen LogP contribution in [0.3, 0.4) is 0 Å². The average molecular weight is 364 g/mol. The van der Waals surface area contributed by atoms with Crippen LogP contribution in [0.15, 0.2) is 79.3 Å². The maximum atomic E-state index is 12.9. The molecule has 0 spiro atoms. The number of pyridine rings is 2. The lowest BCUT2D eigenvalue weighted by molar-refractivity contribution is 0.0370. The monoisotopic (exact) mass is 363 g/mol. The van der Waals surface area contributed by atoms with Crippen molar-refractivity contribution in [2.45, 2.75) is 6.10 Å². The Morgan fingerprint density at radius 2 is 1.65 bits per heavy atom. The number of hydrogen-bond acceptors (Lipinski definition) is 4. The molecule has 4 rings (SSSR count). The van der Waals surface area contributed by atoms with Gasteiger partial charge in [0, 0.05) is 24.2 Å². The Morgan fingerprint density at radius 3 is 2.42 bits per heavy atom. The van der Waals surface area contributed by atoms with E-state index in [1.807, 2.05) is 48.5 Å². The third kappa shape index (κ3) is 3.05. The highest BCUT2D eigenvalue weighted by Gasteiger charge is 2.25. The maximum absolute atomic E-state index is 12.9. The Kier molecular flexibility index (Phi) is 4.37. The van der Waals surface area contributed by atoms with Gasteiger partial charge in [-0.05, 0) is 29.8 Å². The highest BCUT2D eigenvalue weighted by atomic mass is 35.5. The second-order valence-corrected chi connectivity index (χ2v) is 6.01. The number of hydrogen-bond donors (Lipinski definition) is 0. The van der Waals surface area contributed by atoms with Gasteiger partial charge < -0.3 is 4.74 Å². The van der Waals surface area contributed by atoms with Crippen LogP contribution < -0.4 is 0 Å². The van der Waals surface area contributed by atoms with Gasteiger partial charge in [-0.15, -0.1) is 0 Å². The van der Waals surface area contributed by atoms with Crippen molar-refractivity contribution in [3.63, 3.8) is 0 Å². The van der Waals surface area contributed by atoms with Crippen molar-refractivity contribution in [2.24, 2.45) is 0 Å². The number of carbonyl (C=O) groups excluding carboxylic acids is 1. The molecule has 6 heteroatoms. The quantitative estimate of drug-likeness (QED) is 0.506. The van der Waals surface area contributed by atoms with Gasteiger partial charge in [0.2, 0.25) is 0 Å². The molecule has 0 fully saturated rings. The number of carbonyl (C=O) groups is 1. The minimum Gasteiger partial charge on any atom is -0.448 e. The van der Waals surface area contributed by atoms with E-state index in [2.05, 4.69) is 9.97 Å². The van der Waals surface area contributed by atoms with Crippen molar-refractivity contribution in [1.29, 1.82) is 0 Å². The van der Waals surface area contributed by atoms with E-state index in [0.29, 0.717) is 5.65 Å². The number of halogens is 1. The van der Waals surface area contributed by atoms with Crippen molar-refractivity contribution >= 4 is 23.2 Å². The van der Waals surface area contributed by atoms with Gasteiger partial charge in [-0.25, -0.2) is 9.78 Å². The van der Waals surface area contributed by atoms with Gasteiger partial charge in [-0.1, -0.05) is 48.0 Å². The van der Waals surface area contributed by atoms with Gasteiger partial charge in [0.25, 0.3) is 0 Å². The van der Waals surface area contributed by atoms with Gasteiger partial charge in [0.15, 0.2) is 17.0 Å². The molecule has 0 amide bonds. The SMILES string of the molecule is O=C(OC(c1ccccc1)c1ccncc1)c1c(Cl)nc2ccccn12. The molecule has 5 nitrogen and oxygen atoms in total. The molecular weight excluding hydrogens is 350 g/mol. The van der Waals surface area contributed by atoms with Gasteiger partial charge >= 0.3 is 5.97 Å². The molecule has 0 saturated heterocycles. The Bertz CT molecular complexity index is 1010. The molecule has 1 aromatic carbocycles. The maximum Gasteiger partial charge on any atom is 0.359 e. The van der Waals surface area contributed by atoms with E-state index in [9.17, 15) is 4.79 Å². The number of imidazole rings is 1. The summed E-state index contributed by atoms with van der Waals surface area (Å²) in [5, 5.41) is 0.114. The van der Waals surface area contributed by atoms with Gasteiger partial charge in [0.1, 0.15) is 5.65 Å². The lowest BCUT2D eigenvalue weighted by atomic mass is 10.0. The normalized spacial score (nSPS) is 12.0. The zero-order valence-corrected chi connectivity index (χ0v) is 14.4. The van der Waals surface area contributed by atoms with Gasteiger partial charge in [-0.3, -0.25) is 9.38 Å². The van der Waals surface area contributed by atoms with E-state index in [1.165, 1.54) is 0 Å². The molecule has 128 valence electrons. The summed E-state index contributed by atoms with van der Waals surface area (Å²) in [6.07, 6.45) is 4.49. The van der Waals surface area contributed by atoms with Crippen LogP contribution in [0.1, 0.15) is 27.7 Å². The molecular formula is C20H14ClN3O2. The lowest BCUT2D eigenvalue weighted by Gasteiger charge is -2.18. The fourth-order valence-corrected chi connectivity index (χ4v) is 3.06. The summed E-state index contributed by atoms with van der Waals surface area (Å²) < 4.78 is 7.47. The first kappa shape index (κ1) is 16.3. The average Bonchev–Trinajstić information content (AvgIpc) is 3.03. The van der Waals surface area contributed by atoms with Crippen LogP contribution in [-0.4, -0.2) is 20.3 Å². The first-order valence-electron chi connectivity index (χ1n) is 8.02. The van der Waals surface area contributed by atoms with Crippen LogP contribution in [-0.2, 0) is 4.74 Å². The third-order valence-electron chi connectivity index (χ3n) is 4.02. The standard InChI is InChI=1S/C20H14ClN3O2/c21-19-17(24-13-5-4-8-16(24)23-19)20(25)26-18(14-6-2-1-3-7-14)15-9-11-22-12-10-15/h1-13,18H. The molecule has 0 bridgehead atoms. The summed E-state index contributed by atoms with van der Waals surface area (Å²) >= 11 is 6.20. The van der Waals surface area contributed by atoms with Gasteiger partial charge in [0.05, 0.1) is 0 Å². The van der Waals surface area contributed by atoms with Crippen molar-refractivity contribution in [3.8, 4) is 0 Å². The van der Waals surface area contributed by atoms with Crippen molar-refractivity contribution in [1.82, 2.24) is 14.4 Å².